The summed E-state index contributed by atoms with van der Waals surface area (Å²) in [6.07, 6.45) is 1.49. The highest BCUT2D eigenvalue weighted by molar-refractivity contribution is 7.99. The molecule has 0 radical (unpaired) electrons. The van der Waals surface area contributed by atoms with Crippen molar-refractivity contribution < 1.29 is 19.2 Å². The zero-order valence-electron chi connectivity index (χ0n) is 13.7. The van der Waals surface area contributed by atoms with Gasteiger partial charge in [0.25, 0.3) is 11.6 Å². The Morgan fingerprint density at radius 2 is 1.96 bits per heavy atom. The van der Waals surface area contributed by atoms with Gasteiger partial charge in [0.2, 0.25) is 0 Å². The SMILES string of the molecule is C=CCNC(=O)COC(=O)c1ccc(Sc2ccccc2)c([N+](=O)[O-])c1. The molecule has 0 aliphatic carbocycles. The second kappa shape index (κ2) is 9.38. The molecular weight excluding hydrogens is 356 g/mol. The molecule has 0 aliphatic rings. The van der Waals surface area contributed by atoms with Crippen molar-refractivity contribution in [1.82, 2.24) is 5.32 Å². The molecule has 0 spiro atoms. The summed E-state index contributed by atoms with van der Waals surface area (Å²) in [5.41, 5.74) is -0.199. The van der Waals surface area contributed by atoms with Crippen molar-refractivity contribution >= 4 is 29.3 Å². The standard InChI is InChI=1S/C18H16N2O5S/c1-2-10-19-17(21)12-25-18(22)13-8-9-16(15(11-13)20(23)24)26-14-6-4-3-5-7-14/h2-9,11H,1,10,12H2,(H,19,21). The first-order valence-electron chi connectivity index (χ1n) is 7.57. The Hall–Kier alpha value is -3.13. The third kappa shape index (κ3) is 5.45. The molecule has 0 aliphatic heterocycles. The van der Waals surface area contributed by atoms with Crippen molar-refractivity contribution in [3.8, 4) is 0 Å². The molecule has 1 N–H and O–H groups in total. The minimum absolute atomic E-state index is 0.00522. The lowest BCUT2D eigenvalue weighted by Gasteiger charge is -2.07. The van der Waals surface area contributed by atoms with Crippen LogP contribution < -0.4 is 5.32 Å². The fourth-order valence-corrected chi connectivity index (χ4v) is 2.86. The zero-order valence-corrected chi connectivity index (χ0v) is 14.5. The lowest BCUT2D eigenvalue weighted by molar-refractivity contribution is -0.387. The Kier molecular flexibility index (Phi) is 6.92. The summed E-state index contributed by atoms with van der Waals surface area (Å²) in [5.74, 6) is -1.29. The second-order valence-corrected chi connectivity index (χ2v) is 6.14. The molecule has 26 heavy (non-hydrogen) atoms. The summed E-state index contributed by atoms with van der Waals surface area (Å²) in [6.45, 7) is 3.24. The van der Waals surface area contributed by atoms with Gasteiger partial charge in [-0.2, -0.15) is 0 Å². The molecule has 0 heterocycles. The van der Waals surface area contributed by atoms with Gasteiger partial charge in [-0.25, -0.2) is 4.79 Å². The molecule has 0 saturated heterocycles. The maximum Gasteiger partial charge on any atom is 0.338 e. The first kappa shape index (κ1) is 19.2. The van der Waals surface area contributed by atoms with Gasteiger partial charge in [-0.15, -0.1) is 6.58 Å². The van der Waals surface area contributed by atoms with E-state index in [2.05, 4.69) is 11.9 Å². The molecule has 2 aromatic carbocycles. The van der Waals surface area contributed by atoms with Crippen LogP contribution in [-0.4, -0.2) is 30.0 Å². The summed E-state index contributed by atoms with van der Waals surface area (Å²) in [4.78, 5) is 35.5. The average molecular weight is 372 g/mol. The predicted octanol–water partition coefficient (Wildman–Crippen LogP) is 3.21. The van der Waals surface area contributed by atoms with Gasteiger partial charge in [-0.05, 0) is 24.3 Å². The molecule has 7 nitrogen and oxygen atoms in total. The third-order valence-electron chi connectivity index (χ3n) is 3.14. The normalized spacial score (nSPS) is 10.0. The van der Waals surface area contributed by atoms with E-state index in [-0.39, 0.29) is 17.8 Å². The first-order valence-corrected chi connectivity index (χ1v) is 8.39. The monoisotopic (exact) mass is 372 g/mol. The number of carbonyl (C=O) groups is 2. The number of nitrogens with zero attached hydrogens (tertiary/aromatic N) is 1. The number of carbonyl (C=O) groups excluding carboxylic acids is 2. The Labute approximate surface area is 154 Å². The highest BCUT2D eigenvalue weighted by atomic mass is 32.2. The second-order valence-electron chi connectivity index (χ2n) is 5.02. The van der Waals surface area contributed by atoms with Crippen LogP contribution in [0.5, 0.6) is 0 Å². The minimum Gasteiger partial charge on any atom is -0.452 e. The molecule has 0 fully saturated rings. The average Bonchev–Trinajstić information content (AvgIpc) is 2.65. The number of amides is 1. The number of rotatable bonds is 8. The number of ether oxygens (including phenoxy) is 1. The number of benzene rings is 2. The van der Waals surface area contributed by atoms with Crippen LogP contribution in [0, 0.1) is 10.1 Å². The van der Waals surface area contributed by atoms with Crippen LogP contribution in [0.15, 0.2) is 71.0 Å². The van der Waals surface area contributed by atoms with Crippen molar-refractivity contribution in [2.45, 2.75) is 9.79 Å². The van der Waals surface area contributed by atoms with Crippen LogP contribution in [-0.2, 0) is 9.53 Å². The van der Waals surface area contributed by atoms with Crippen LogP contribution in [0.25, 0.3) is 0 Å². The number of esters is 1. The number of nitro groups is 1. The summed E-state index contributed by atoms with van der Waals surface area (Å²) in [7, 11) is 0. The molecule has 2 rings (SSSR count). The van der Waals surface area contributed by atoms with Crippen molar-refractivity contribution in [3.63, 3.8) is 0 Å². The molecule has 134 valence electrons. The van der Waals surface area contributed by atoms with Crippen LogP contribution in [0.4, 0.5) is 5.69 Å². The van der Waals surface area contributed by atoms with Crippen molar-refractivity contribution in [2.75, 3.05) is 13.2 Å². The highest BCUT2D eigenvalue weighted by Gasteiger charge is 2.19. The van der Waals surface area contributed by atoms with Gasteiger partial charge in [0, 0.05) is 17.5 Å². The van der Waals surface area contributed by atoms with E-state index in [0.29, 0.717) is 4.90 Å². The van der Waals surface area contributed by atoms with E-state index >= 15 is 0 Å². The van der Waals surface area contributed by atoms with E-state index in [1.54, 1.807) is 0 Å². The van der Waals surface area contributed by atoms with Crippen LogP contribution in [0.3, 0.4) is 0 Å². The summed E-state index contributed by atoms with van der Waals surface area (Å²) >= 11 is 1.22. The third-order valence-corrected chi connectivity index (χ3v) is 4.21. The Bertz CT molecular complexity index is 824. The molecule has 0 bridgehead atoms. The fourth-order valence-electron chi connectivity index (χ4n) is 1.94. The number of hydrogen-bond acceptors (Lipinski definition) is 6. The minimum atomic E-state index is -0.807. The van der Waals surface area contributed by atoms with E-state index in [0.717, 1.165) is 11.0 Å². The first-order chi connectivity index (χ1) is 12.5. The number of hydrogen-bond donors (Lipinski definition) is 1. The molecule has 2 aromatic rings. The Morgan fingerprint density at radius 1 is 1.23 bits per heavy atom. The summed E-state index contributed by atoms with van der Waals surface area (Å²) in [5, 5.41) is 13.8. The number of nitrogens with one attached hydrogen (secondary N) is 1. The summed E-state index contributed by atoms with van der Waals surface area (Å²) in [6, 6.07) is 13.2. The lowest BCUT2D eigenvalue weighted by atomic mass is 10.2. The molecule has 0 unspecified atom stereocenters. The molecule has 0 atom stereocenters. The quantitative estimate of drug-likeness (QED) is 0.331. The Balaban J connectivity index is 2.11. The smallest absolute Gasteiger partial charge is 0.338 e. The zero-order chi connectivity index (χ0) is 18.9. The molecule has 8 heteroatoms. The van der Waals surface area contributed by atoms with E-state index < -0.39 is 23.4 Å². The maximum absolute atomic E-state index is 12.0. The van der Waals surface area contributed by atoms with E-state index in [9.17, 15) is 19.7 Å². The molecule has 1 amide bonds. The van der Waals surface area contributed by atoms with Crippen LogP contribution in [0.1, 0.15) is 10.4 Å². The van der Waals surface area contributed by atoms with Crippen molar-refractivity contribution in [2.24, 2.45) is 0 Å². The van der Waals surface area contributed by atoms with E-state index in [1.807, 2.05) is 30.3 Å². The van der Waals surface area contributed by atoms with Crippen LogP contribution in [0.2, 0.25) is 0 Å². The summed E-state index contributed by atoms with van der Waals surface area (Å²) < 4.78 is 4.87. The molecule has 0 saturated carbocycles. The van der Waals surface area contributed by atoms with Crippen molar-refractivity contribution in [3.05, 3.63) is 76.9 Å². The van der Waals surface area contributed by atoms with E-state index in [1.165, 1.54) is 30.0 Å². The van der Waals surface area contributed by atoms with Gasteiger partial charge in [-0.3, -0.25) is 14.9 Å². The topological polar surface area (TPSA) is 98.5 Å². The predicted molar refractivity (Wildman–Crippen MR) is 97.2 cm³/mol. The van der Waals surface area contributed by atoms with Gasteiger partial charge in [-0.1, -0.05) is 36.0 Å². The van der Waals surface area contributed by atoms with Gasteiger partial charge < -0.3 is 10.1 Å². The van der Waals surface area contributed by atoms with Gasteiger partial charge in [0.1, 0.15) is 0 Å². The van der Waals surface area contributed by atoms with Gasteiger partial charge >= 0.3 is 5.97 Å². The molecule has 0 aromatic heterocycles. The largest absolute Gasteiger partial charge is 0.452 e. The highest BCUT2D eigenvalue weighted by Crippen LogP contribution is 2.35. The van der Waals surface area contributed by atoms with E-state index in [4.69, 9.17) is 4.74 Å². The van der Waals surface area contributed by atoms with Gasteiger partial charge in [0.15, 0.2) is 6.61 Å². The molecular formula is C18H16N2O5S. The lowest BCUT2D eigenvalue weighted by Crippen LogP contribution is -2.28. The maximum atomic E-state index is 12.0. The van der Waals surface area contributed by atoms with Crippen molar-refractivity contribution in [1.29, 1.82) is 0 Å². The number of nitro benzene ring substituents is 1. The Morgan fingerprint density at radius 3 is 2.62 bits per heavy atom. The van der Waals surface area contributed by atoms with Gasteiger partial charge in [0.05, 0.1) is 15.4 Å². The fraction of sp³-hybridized carbons (Fsp3) is 0.111. The van der Waals surface area contributed by atoms with Crippen LogP contribution >= 0.6 is 11.8 Å².